The summed E-state index contributed by atoms with van der Waals surface area (Å²) < 4.78 is 7.02. The number of methoxy groups -OCH3 is 1. The van der Waals surface area contributed by atoms with E-state index in [9.17, 15) is 0 Å². The molecule has 24 heavy (non-hydrogen) atoms. The minimum Gasteiger partial charge on any atom is -0.497 e. The monoisotopic (exact) mass is 323 g/mol. The topological polar surface area (TPSA) is 64.0 Å². The van der Waals surface area contributed by atoms with Crippen LogP contribution in [-0.2, 0) is 6.54 Å². The number of ether oxygens (including phenoxy) is 1. The Morgan fingerprint density at radius 3 is 2.67 bits per heavy atom. The van der Waals surface area contributed by atoms with Crippen LogP contribution in [0.15, 0.2) is 54.7 Å². The third-order valence-electron chi connectivity index (χ3n) is 3.59. The van der Waals surface area contributed by atoms with Gasteiger partial charge in [-0.2, -0.15) is 0 Å². The highest BCUT2D eigenvalue weighted by Gasteiger charge is 2.03. The first-order valence-corrected chi connectivity index (χ1v) is 7.92. The van der Waals surface area contributed by atoms with E-state index in [2.05, 4.69) is 27.9 Å². The normalized spacial score (nSPS) is 10.6. The SMILES string of the molecule is CCNCc1cn(-c2ccc(Nc3cccc(OC)c3)cc2)nn1. The van der Waals surface area contributed by atoms with Crippen LogP contribution in [0.4, 0.5) is 11.4 Å². The van der Waals surface area contributed by atoms with Crippen LogP contribution in [0.1, 0.15) is 12.6 Å². The lowest BCUT2D eigenvalue weighted by atomic mass is 10.2. The molecule has 0 fully saturated rings. The molecule has 0 spiro atoms. The van der Waals surface area contributed by atoms with Gasteiger partial charge in [-0.1, -0.05) is 18.2 Å². The number of anilines is 2. The Labute approximate surface area is 141 Å². The van der Waals surface area contributed by atoms with Gasteiger partial charge in [-0.3, -0.25) is 0 Å². The van der Waals surface area contributed by atoms with Crippen LogP contribution in [0.25, 0.3) is 5.69 Å². The van der Waals surface area contributed by atoms with Crippen molar-refractivity contribution in [1.82, 2.24) is 20.3 Å². The fraction of sp³-hybridized carbons (Fsp3) is 0.222. The number of benzene rings is 2. The molecule has 6 heteroatoms. The van der Waals surface area contributed by atoms with E-state index in [4.69, 9.17) is 4.74 Å². The first kappa shape index (κ1) is 16.0. The third-order valence-corrected chi connectivity index (χ3v) is 3.59. The molecule has 124 valence electrons. The highest BCUT2D eigenvalue weighted by Crippen LogP contribution is 2.22. The van der Waals surface area contributed by atoms with Gasteiger partial charge in [0.25, 0.3) is 0 Å². The number of rotatable bonds is 7. The van der Waals surface area contributed by atoms with Gasteiger partial charge in [0.15, 0.2) is 0 Å². The molecule has 3 rings (SSSR count). The Morgan fingerprint density at radius 1 is 1.08 bits per heavy atom. The van der Waals surface area contributed by atoms with Gasteiger partial charge in [-0.25, -0.2) is 4.68 Å². The largest absolute Gasteiger partial charge is 0.497 e. The minimum atomic E-state index is 0.728. The van der Waals surface area contributed by atoms with Crippen molar-refractivity contribution in [3.63, 3.8) is 0 Å². The van der Waals surface area contributed by atoms with Gasteiger partial charge in [-0.05, 0) is 42.9 Å². The molecular weight excluding hydrogens is 302 g/mol. The van der Waals surface area contributed by atoms with Crippen molar-refractivity contribution in [2.45, 2.75) is 13.5 Å². The molecule has 0 saturated carbocycles. The maximum absolute atomic E-state index is 5.24. The molecule has 0 amide bonds. The Bertz CT molecular complexity index is 782. The number of nitrogens with zero attached hydrogens (tertiary/aromatic N) is 3. The molecule has 6 nitrogen and oxygen atoms in total. The molecule has 0 bridgehead atoms. The Hall–Kier alpha value is -2.86. The quantitative estimate of drug-likeness (QED) is 0.699. The number of hydrogen-bond acceptors (Lipinski definition) is 5. The van der Waals surface area contributed by atoms with Crippen molar-refractivity contribution in [3.8, 4) is 11.4 Å². The Balaban J connectivity index is 1.69. The second kappa shape index (κ2) is 7.61. The van der Waals surface area contributed by atoms with Crippen LogP contribution < -0.4 is 15.4 Å². The fourth-order valence-electron chi connectivity index (χ4n) is 2.32. The van der Waals surface area contributed by atoms with Crippen molar-refractivity contribution in [1.29, 1.82) is 0 Å². The zero-order valence-corrected chi connectivity index (χ0v) is 13.9. The van der Waals surface area contributed by atoms with Crippen molar-refractivity contribution in [2.24, 2.45) is 0 Å². The fourth-order valence-corrected chi connectivity index (χ4v) is 2.32. The van der Waals surface area contributed by atoms with Crippen LogP contribution in [0.5, 0.6) is 5.75 Å². The summed E-state index contributed by atoms with van der Waals surface area (Å²) in [7, 11) is 1.66. The van der Waals surface area contributed by atoms with Gasteiger partial charge < -0.3 is 15.4 Å². The lowest BCUT2D eigenvalue weighted by molar-refractivity contribution is 0.415. The summed E-state index contributed by atoms with van der Waals surface area (Å²) in [6.07, 6.45) is 1.94. The lowest BCUT2D eigenvalue weighted by Gasteiger charge is -2.09. The van der Waals surface area contributed by atoms with Gasteiger partial charge in [-0.15, -0.1) is 5.10 Å². The standard InChI is InChI=1S/C18H21N5O/c1-3-19-12-16-13-23(22-21-16)17-9-7-14(8-10-17)20-15-5-4-6-18(11-15)24-2/h4-11,13,19-20H,3,12H2,1-2H3. The molecule has 2 aromatic carbocycles. The van der Waals surface area contributed by atoms with Crippen LogP contribution in [0.2, 0.25) is 0 Å². The highest BCUT2D eigenvalue weighted by atomic mass is 16.5. The van der Waals surface area contributed by atoms with Gasteiger partial charge >= 0.3 is 0 Å². The first-order valence-electron chi connectivity index (χ1n) is 7.92. The van der Waals surface area contributed by atoms with Gasteiger partial charge in [0.05, 0.1) is 24.7 Å². The summed E-state index contributed by atoms with van der Waals surface area (Å²) in [6, 6.07) is 15.9. The van der Waals surface area contributed by atoms with Crippen molar-refractivity contribution in [2.75, 3.05) is 19.0 Å². The van der Waals surface area contributed by atoms with E-state index in [1.54, 1.807) is 11.8 Å². The van der Waals surface area contributed by atoms with E-state index in [1.807, 2.05) is 54.7 Å². The van der Waals surface area contributed by atoms with Crippen LogP contribution in [-0.4, -0.2) is 28.6 Å². The number of nitrogens with one attached hydrogen (secondary N) is 2. The Kier molecular flexibility index (Phi) is 5.08. The predicted octanol–water partition coefficient (Wildman–Crippen LogP) is 3.13. The maximum atomic E-state index is 5.24. The van der Waals surface area contributed by atoms with Crippen LogP contribution in [0, 0.1) is 0 Å². The third kappa shape index (κ3) is 3.91. The van der Waals surface area contributed by atoms with Gasteiger partial charge in [0.1, 0.15) is 5.75 Å². The van der Waals surface area contributed by atoms with Crippen LogP contribution in [0.3, 0.4) is 0 Å². The first-order chi connectivity index (χ1) is 11.8. The van der Waals surface area contributed by atoms with Crippen molar-refractivity contribution < 1.29 is 4.74 Å². The molecule has 2 N–H and O–H groups in total. The van der Waals surface area contributed by atoms with E-state index in [0.717, 1.165) is 41.6 Å². The molecule has 1 heterocycles. The molecule has 1 aromatic heterocycles. The smallest absolute Gasteiger partial charge is 0.120 e. The minimum absolute atomic E-state index is 0.728. The molecule has 0 aliphatic rings. The van der Waals surface area contributed by atoms with E-state index >= 15 is 0 Å². The van der Waals surface area contributed by atoms with Gasteiger partial charge in [0.2, 0.25) is 0 Å². The maximum Gasteiger partial charge on any atom is 0.120 e. The number of hydrogen-bond donors (Lipinski definition) is 2. The molecule has 0 saturated heterocycles. The molecule has 3 aromatic rings. The molecule has 0 atom stereocenters. The summed E-state index contributed by atoms with van der Waals surface area (Å²) in [5.74, 6) is 0.826. The molecule has 0 aliphatic carbocycles. The summed E-state index contributed by atoms with van der Waals surface area (Å²) >= 11 is 0. The molecular formula is C18H21N5O. The molecule has 0 aliphatic heterocycles. The lowest BCUT2D eigenvalue weighted by Crippen LogP contribution is -2.11. The second-order valence-corrected chi connectivity index (χ2v) is 5.34. The van der Waals surface area contributed by atoms with Gasteiger partial charge in [0, 0.05) is 24.0 Å². The summed E-state index contributed by atoms with van der Waals surface area (Å²) in [5.41, 5.74) is 3.88. The zero-order chi connectivity index (χ0) is 16.8. The van der Waals surface area contributed by atoms with Crippen molar-refractivity contribution >= 4 is 11.4 Å². The average Bonchev–Trinajstić information content (AvgIpc) is 3.10. The average molecular weight is 323 g/mol. The van der Waals surface area contributed by atoms with E-state index in [-0.39, 0.29) is 0 Å². The zero-order valence-electron chi connectivity index (χ0n) is 13.9. The Morgan fingerprint density at radius 2 is 1.92 bits per heavy atom. The molecule has 0 radical (unpaired) electrons. The highest BCUT2D eigenvalue weighted by molar-refractivity contribution is 5.62. The van der Waals surface area contributed by atoms with Crippen LogP contribution >= 0.6 is 0 Å². The summed E-state index contributed by atoms with van der Waals surface area (Å²) in [4.78, 5) is 0. The molecule has 0 unspecified atom stereocenters. The van der Waals surface area contributed by atoms with E-state index in [0.29, 0.717) is 0 Å². The van der Waals surface area contributed by atoms with E-state index < -0.39 is 0 Å². The summed E-state index contributed by atoms with van der Waals surface area (Å²) in [5, 5.41) is 14.9. The van der Waals surface area contributed by atoms with Crippen molar-refractivity contribution in [3.05, 3.63) is 60.4 Å². The predicted molar refractivity (Wildman–Crippen MR) is 95.0 cm³/mol. The number of aromatic nitrogens is 3. The summed E-state index contributed by atoms with van der Waals surface area (Å²) in [6.45, 7) is 3.71. The second-order valence-electron chi connectivity index (χ2n) is 5.34. The van der Waals surface area contributed by atoms with E-state index in [1.165, 1.54) is 0 Å².